The van der Waals surface area contributed by atoms with Crippen molar-refractivity contribution in [1.82, 2.24) is 4.37 Å². The van der Waals surface area contributed by atoms with E-state index in [-0.39, 0.29) is 29.6 Å². The van der Waals surface area contributed by atoms with Gasteiger partial charge in [0, 0.05) is 45.7 Å². The van der Waals surface area contributed by atoms with Gasteiger partial charge in [0.25, 0.3) is 0 Å². The zero-order chi connectivity index (χ0) is 28.9. The first-order chi connectivity index (χ1) is 19.6. The quantitative estimate of drug-likeness (QED) is 0.205. The molecule has 1 saturated carbocycles. The van der Waals surface area contributed by atoms with Gasteiger partial charge in [-0.3, -0.25) is 0 Å². The van der Waals surface area contributed by atoms with Gasteiger partial charge in [0.05, 0.1) is 16.8 Å². The Morgan fingerprint density at radius 1 is 1.07 bits per heavy atom. The molecule has 0 bridgehead atoms. The number of aromatic carboxylic acids is 1. The second kappa shape index (κ2) is 10.6. The molecule has 0 amide bonds. The maximum atomic E-state index is 13.9. The molecule has 1 aromatic heterocycles. The highest BCUT2D eigenvalue weighted by Crippen LogP contribution is 2.48. The van der Waals surface area contributed by atoms with Gasteiger partial charge < -0.3 is 14.7 Å². The summed E-state index contributed by atoms with van der Waals surface area (Å²) in [6.45, 7) is 1.13. The molecular formula is C30H23ClF4N2O3S. The van der Waals surface area contributed by atoms with Gasteiger partial charge >= 0.3 is 12.1 Å². The van der Waals surface area contributed by atoms with Crippen molar-refractivity contribution in [2.24, 2.45) is 0 Å². The minimum absolute atomic E-state index is 0.0402. The highest BCUT2D eigenvalue weighted by Gasteiger charge is 2.37. The molecule has 6 rings (SSSR count). The predicted octanol–water partition coefficient (Wildman–Crippen LogP) is 8.38. The Bertz CT molecular complexity index is 1630. The second-order valence-electron chi connectivity index (χ2n) is 10.3. The Balaban J connectivity index is 1.18. The van der Waals surface area contributed by atoms with Crippen LogP contribution in [0.4, 0.5) is 23.2 Å². The normalized spacial score (nSPS) is 15.6. The number of ether oxygens (including phenoxy) is 1. The third-order valence-corrected chi connectivity index (χ3v) is 8.80. The summed E-state index contributed by atoms with van der Waals surface area (Å²) < 4.78 is 65.6. The summed E-state index contributed by atoms with van der Waals surface area (Å²) >= 11 is 7.84. The fourth-order valence-electron chi connectivity index (χ4n) is 5.13. The van der Waals surface area contributed by atoms with Crippen LogP contribution in [0, 0.1) is 5.82 Å². The lowest BCUT2D eigenvalue weighted by Gasteiger charge is -2.41. The van der Waals surface area contributed by atoms with Crippen LogP contribution in [0.1, 0.15) is 56.6 Å². The molecular weight excluding hydrogens is 580 g/mol. The summed E-state index contributed by atoms with van der Waals surface area (Å²) in [5.41, 5.74) is 1.53. The molecule has 41 heavy (non-hydrogen) atoms. The lowest BCUT2D eigenvalue weighted by Crippen LogP contribution is -2.45. The van der Waals surface area contributed by atoms with Gasteiger partial charge in [-0.05, 0) is 72.3 Å². The molecule has 4 aromatic rings. The fourth-order valence-corrected chi connectivity index (χ4v) is 6.50. The average molecular weight is 603 g/mol. The third kappa shape index (κ3) is 5.63. The highest BCUT2D eigenvalue weighted by atomic mass is 35.5. The summed E-state index contributed by atoms with van der Waals surface area (Å²) in [5.74, 6) is -0.982. The number of alkyl halides is 3. The van der Waals surface area contributed by atoms with E-state index in [0.717, 1.165) is 35.4 Å². The molecule has 2 fully saturated rings. The van der Waals surface area contributed by atoms with E-state index in [4.69, 9.17) is 16.3 Å². The van der Waals surface area contributed by atoms with E-state index < -0.39 is 23.5 Å². The molecule has 3 aromatic carbocycles. The molecule has 0 atom stereocenters. The number of anilines is 1. The van der Waals surface area contributed by atoms with Gasteiger partial charge in [0.1, 0.15) is 18.2 Å². The first kappa shape index (κ1) is 27.5. The molecule has 1 saturated heterocycles. The van der Waals surface area contributed by atoms with E-state index >= 15 is 0 Å². The molecule has 0 spiro atoms. The fraction of sp³-hybridized carbons (Fsp3) is 0.267. The van der Waals surface area contributed by atoms with Gasteiger partial charge in [-0.1, -0.05) is 35.9 Å². The maximum Gasteiger partial charge on any atom is 0.417 e. The van der Waals surface area contributed by atoms with Crippen molar-refractivity contribution >= 4 is 34.8 Å². The van der Waals surface area contributed by atoms with Crippen molar-refractivity contribution in [3.8, 4) is 17.0 Å². The monoisotopic (exact) mass is 602 g/mol. The van der Waals surface area contributed by atoms with Crippen LogP contribution in [0.25, 0.3) is 11.3 Å². The van der Waals surface area contributed by atoms with Gasteiger partial charge in [-0.15, -0.1) is 0 Å². The van der Waals surface area contributed by atoms with Crippen LogP contribution < -0.4 is 9.64 Å². The van der Waals surface area contributed by atoms with Gasteiger partial charge in [0.15, 0.2) is 0 Å². The van der Waals surface area contributed by atoms with Crippen LogP contribution in [0.3, 0.4) is 0 Å². The first-order valence-electron chi connectivity index (χ1n) is 12.9. The molecule has 0 radical (unpaired) electrons. The zero-order valence-electron chi connectivity index (χ0n) is 21.4. The summed E-state index contributed by atoms with van der Waals surface area (Å²) in [4.78, 5) is 14.1. The molecule has 2 heterocycles. The Kier molecular flexibility index (Phi) is 7.15. The summed E-state index contributed by atoms with van der Waals surface area (Å²) in [6, 6.07) is 14.5. The van der Waals surface area contributed by atoms with Gasteiger partial charge in [-0.2, -0.15) is 17.5 Å². The standard InChI is InChI=1S/C30H23ClF4N2O3S/c31-26-12-21(7-8-22(26)18-13-37(14-18)20-10-17(29(38)39)9-19(32)11-20)40-15-24-27(36-41-28(24)16-5-6-16)23-3-1-2-4-25(23)30(33,34)35/h1-4,7-12,16,18H,5-6,13-15H2,(H,38,39). The van der Waals surface area contributed by atoms with Crippen molar-refractivity contribution in [3.05, 3.63) is 98.6 Å². The van der Waals surface area contributed by atoms with Crippen molar-refractivity contribution in [1.29, 1.82) is 0 Å². The SMILES string of the molecule is O=C(O)c1cc(F)cc(N2CC(c3ccc(OCc4c(-c5ccccc5C(F)(F)F)nsc4C4CC4)cc3Cl)C2)c1. The molecule has 5 nitrogen and oxygen atoms in total. The lowest BCUT2D eigenvalue weighted by atomic mass is 9.90. The number of benzene rings is 3. The number of aromatic nitrogens is 1. The largest absolute Gasteiger partial charge is 0.489 e. The minimum Gasteiger partial charge on any atom is -0.489 e. The first-order valence-corrected chi connectivity index (χ1v) is 14.1. The van der Waals surface area contributed by atoms with Crippen LogP contribution in [-0.2, 0) is 12.8 Å². The van der Waals surface area contributed by atoms with Crippen LogP contribution >= 0.6 is 23.1 Å². The Morgan fingerprint density at radius 2 is 1.83 bits per heavy atom. The summed E-state index contributed by atoms with van der Waals surface area (Å²) in [5, 5.41) is 9.68. The topological polar surface area (TPSA) is 62.7 Å². The molecule has 0 unspecified atom stereocenters. The summed E-state index contributed by atoms with van der Waals surface area (Å²) in [6.07, 6.45) is -2.56. The molecule has 1 N–H and O–H groups in total. The Morgan fingerprint density at radius 3 is 2.51 bits per heavy atom. The van der Waals surface area contributed by atoms with Gasteiger partial charge in [0.2, 0.25) is 0 Å². The van der Waals surface area contributed by atoms with E-state index in [1.165, 1.54) is 35.8 Å². The minimum atomic E-state index is -4.51. The number of carboxylic acid groups (broad SMARTS) is 1. The van der Waals surface area contributed by atoms with Crippen LogP contribution in [0.15, 0.2) is 60.7 Å². The van der Waals surface area contributed by atoms with Crippen LogP contribution in [0.5, 0.6) is 5.75 Å². The highest BCUT2D eigenvalue weighted by molar-refractivity contribution is 7.06. The average Bonchev–Trinajstić information content (AvgIpc) is 3.66. The Hall–Kier alpha value is -3.63. The number of halogens is 5. The number of hydrogen-bond acceptors (Lipinski definition) is 5. The van der Waals surface area contributed by atoms with E-state index in [1.54, 1.807) is 18.2 Å². The van der Waals surface area contributed by atoms with Crippen molar-refractivity contribution in [2.45, 2.75) is 37.5 Å². The molecule has 212 valence electrons. The van der Waals surface area contributed by atoms with Gasteiger partial charge in [-0.25, -0.2) is 9.18 Å². The second-order valence-corrected chi connectivity index (χ2v) is 11.5. The number of nitrogens with zero attached hydrogens (tertiary/aromatic N) is 2. The van der Waals surface area contributed by atoms with Crippen LogP contribution in [-0.4, -0.2) is 28.5 Å². The predicted molar refractivity (Wildman–Crippen MR) is 149 cm³/mol. The van der Waals surface area contributed by atoms with E-state index in [2.05, 4.69) is 4.37 Å². The molecule has 2 aliphatic rings. The Labute approximate surface area is 242 Å². The molecule has 11 heteroatoms. The van der Waals surface area contributed by atoms with E-state index in [0.29, 0.717) is 40.8 Å². The zero-order valence-corrected chi connectivity index (χ0v) is 23.0. The van der Waals surface area contributed by atoms with Crippen LogP contribution in [0.2, 0.25) is 5.02 Å². The van der Waals surface area contributed by atoms with Crippen molar-refractivity contribution in [2.75, 3.05) is 18.0 Å². The van der Waals surface area contributed by atoms with Crippen molar-refractivity contribution < 1.29 is 32.2 Å². The molecule has 1 aliphatic heterocycles. The van der Waals surface area contributed by atoms with Crippen molar-refractivity contribution in [3.63, 3.8) is 0 Å². The maximum absolute atomic E-state index is 13.9. The lowest BCUT2D eigenvalue weighted by molar-refractivity contribution is -0.137. The number of carbonyl (C=O) groups is 1. The number of carboxylic acids is 1. The van der Waals surface area contributed by atoms with E-state index in [1.807, 2.05) is 11.0 Å². The summed E-state index contributed by atoms with van der Waals surface area (Å²) in [7, 11) is 0. The molecule has 1 aliphatic carbocycles. The van der Waals surface area contributed by atoms with E-state index in [9.17, 15) is 27.5 Å². The number of hydrogen-bond donors (Lipinski definition) is 1. The third-order valence-electron chi connectivity index (χ3n) is 7.43. The smallest absolute Gasteiger partial charge is 0.417 e. The number of rotatable bonds is 8.